The quantitative estimate of drug-likeness (QED) is 0.648. The van der Waals surface area contributed by atoms with Crippen molar-refractivity contribution in [2.24, 2.45) is 0 Å². The van der Waals surface area contributed by atoms with Gasteiger partial charge in [0.15, 0.2) is 5.11 Å². The van der Waals surface area contributed by atoms with E-state index in [2.05, 4.69) is 10.6 Å². The van der Waals surface area contributed by atoms with Gasteiger partial charge in [0.05, 0.1) is 18.7 Å². The number of esters is 1. The summed E-state index contributed by atoms with van der Waals surface area (Å²) in [4.78, 5) is 11.9. The average molecular weight is 297 g/mol. The topological polar surface area (TPSA) is 50.4 Å². The largest absolute Gasteiger partial charge is 0.466 e. The number of nitrogens with one attached hydrogen (secondary N) is 2. The molecule has 1 unspecified atom stereocenters. The molecule has 2 rings (SSSR count). The number of rotatable bonds is 2. The number of ether oxygens (including phenoxy) is 1. The van der Waals surface area contributed by atoms with Crippen LogP contribution in [0.4, 0.5) is 0 Å². The molecule has 0 bridgehead atoms. The molecule has 1 aromatic carbocycles. The molecular weight excluding hydrogens is 284 g/mol. The van der Waals surface area contributed by atoms with Crippen molar-refractivity contribution < 1.29 is 9.53 Å². The summed E-state index contributed by atoms with van der Waals surface area (Å²) >= 11 is 11.3. The lowest BCUT2D eigenvalue weighted by Crippen LogP contribution is -2.45. The highest BCUT2D eigenvalue weighted by atomic mass is 35.5. The molecule has 0 saturated carbocycles. The molecule has 100 valence electrons. The van der Waals surface area contributed by atoms with E-state index in [-0.39, 0.29) is 0 Å². The van der Waals surface area contributed by atoms with Gasteiger partial charge in [-0.1, -0.05) is 29.8 Å². The van der Waals surface area contributed by atoms with Crippen LogP contribution in [0.25, 0.3) is 0 Å². The van der Waals surface area contributed by atoms with Crippen LogP contribution in [0, 0.1) is 0 Å². The summed E-state index contributed by atoms with van der Waals surface area (Å²) < 4.78 is 4.82. The normalized spacial score (nSPS) is 18.7. The van der Waals surface area contributed by atoms with Gasteiger partial charge in [-0.05, 0) is 30.8 Å². The predicted molar refractivity (Wildman–Crippen MR) is 77.8 cm³/mol. The van der Waals surface area contributed by atoms with Crippen molar-refractivity contribution >= 4 is 34.9 Å². The number of carbonyl (C=O) groups excluding carboxylic acids is 1. The molecule has 1 atom stereocenters. The van der Waals surface area contributed by atoms with Crippen molar-refractivity contribution in [1.29, 1.82) is 0 Å². The van der Waals surface area contributed by atoms with Crippen LogP contribution in [0.5, 0.6) is 0 Å². The van der Waals surface area contributed by atoms with Gasteiger partial charge in [0.2, 0.25) is 0 Å². The lowest BCUT2D eigenvalue weighted by Gasteiger charge is -2.30. The maximum atomic E-state index is 11.9. The summed E-state index contributed by atoms with van der Waals surface area (Å²) in [6.45, 7) is 1.78. The lowest BCUT2D eigenvalue weighted by atomic mass is 9.96. The minimum atomic E-state index is -0.412. The van der Waals surface area contributed by atoms with Crippen LogP contribution >= 0.6 is 23.8 Å². The van der Waals surface area contributed by atoms with Gasteiger partial charge in [0, 0.05) is 10.7 Å². The number of halogens is 1. The zero-order chi connectivity index (χ0) is 14.0. The maximum Gasteiger partial charge on any atom is 0.337 e. The first kappa shape index (κ1) is 13.8. The fourth-order valence-corrected chi connectivity index (χ4v) is 2.53. The van der Waals surface area contributed by atoms with Gasteiger partial charge in [0.1, 0.15) is 0 Å². The van der Waals surface area contributed by atoms with E-state index in [9.17, 15) is 4.79 Å². The molecule has 1 aromatic rings. The zero-order valence-electron chi connectivity index (χ0n) is 10.5. The van der Waals surface area contributed by atoms with Gasteiger partial charge in [-0.3, -0.25) is 0 Å². The molecule has 1 heterocycles. The number of hydrogen-bond donors (Lipinski definition) is 2. The SMILES string of the molecule is COC(=O)C1=C(C)NC(=S)NC1c1ccccc1Cl. The van der Waals surface area contributed by atoms with Crippen molar-refractivity contribution in [3.8, 4) is 0 Å². The Labute approximate surface area is 121 Å². The van der Waals surface area contributed by atoms with E-state index in [1.165, 1.54) is 7.11 Å². The van der Waals surface area contributed by atoms with Crippen LogP contribution in [-0.4, -0.2) is 18.2 Å². The van der Waals surface area contributed by atoms with Crippen LogP contribution < -0.4 is 10.6 Å². The van der Waals surface area contributed by atoms with E-state index in [1.54, 1.807) is 13.0 Å². The molecule has 2 N–H and O–H groups in total. The van der Waals surface area contributed by atoms with E-state index in [1.807, 2.05) is 18.2 Å². The second-order valence-electron chi connectivity index (χ2n) is 4.08. The van der Waals surface area contributed by atoms with Gasteiger partial charge in [0.25, 0.3) is 0 Å². The first-order chi connectivity index (χ1) is 9.04. The molecule has 1 aliphatic rings. The molecule has 1 aliphatic heterocycles. The molecular formula is C13H13ClN2O2S. The third kappa shape index (κ3) is 2.72. The third-order valence-electron chi connectivity index (χ3n) is 2.89. The summed E-state index contributed by atoms with van der Waals surface area (Å²) in [6.07, 6.45) is 0. The molecule has 0 aromatic heterocycles. The first-order valence-corrected chi connectivity index (χ1v) is 6.44. The molecule has 0 spiro atoms. The van der Waals surface area contributed by atoms with Gasteiger partial charge >= 0.3 is 5.97 Å². The van der Waals surface area contributed by atoms with E-state index in [4.69, 9.17) is 28.6 Å². The monoisotopic (exact) mass is 296 g/mol. The van der Waals surface area contributed by atoms with Gasteiger partial charge in [-0.2, -0.15) is 0 Å². The Hall–Kier alpha value is -1.59. The standard InChI is InChI=1S/C13H13ClN2O2S/c1-7-10(12(17)18-2)11(16-13(19)15-7)8-5-3-4-6-9(8)14/h3-6,11H,1-2H3,(H2,15,16,19). The van der Waals surface area contributed by atoms with Gasteiger partial charge < -0.3 is 15.4 Å². The summed E-state index contributed by atoms with van der Waals surface area (Å²) in [5, 5.41) is 6.99. The summed E-state index contributed by atoms with van der Waals surface area (Å²) in [6, 6.07) is 6.91. The highest BCUT2D eigenvalue weighted by Crippen LogP contribution is 2.31. The first-order valence-electron chi connectivity index (χ1n) is 5.65. The molecule has 0 amide bonds. The molecule has 0 fully saturated rings. The highest BCUT2D eigenvalue weighted by Gasteiger charge is 2.31. The number of hydrogen-bond acceptors (Lipinski definition) is 3. The Kier molecular flexibility index (Phi) is 4.07. The Bertz CT molecular complexity index is 572. The fourth-order valence-electron chi connectivity index (χ4n) is 2.02. The lowest BCUT2D eigenvalue weighted by molar-refractivity contribution is -0.136. The van der Waals surface area contributed by atoms with Gasteiger partial charge in [-0.25, -0.2) is 4.79 Å². The maximum absolute atomic E-state index is 11.9. The van der Waals surface area contributed by atoms with E-state index in [0.29, 0.717) is 21.4 Å². The molecule has 0 saturated heterocycles. The van der Waals surface area contributed by atoms with Gasteiger partial charge in [-0.15, -0.1) is 0 Å². The highest BCUT2D eigenvalue weighted by molar-refractivity contribution is 7.80. The second-order valence-corrected chi connectivity index (χ2v) is 4.90. The number of allylic oxidation sites excluding steroid dienone is 1. The Balaban J connectivity index is 2.53. The number of methoxy groups -OCH3 is 1. The third-order valence-corrected chi connectivity index (χ3v) is 3.45. The number of thiocarbonyl (C=S) groups is 1. The van der Waals surface area contributed by atoms with Crippen LogP contribution in [0.2, 0.25) is 5.02 Å². The van der Waals surface area contributed by atoms with Crippen LogP contribution in [0.3, 0.4) is 0 Å². The second kappa shape index (κ2) is 5.59. The Morgan fingerprint density at radius 2 is 2.11 bits per heavy atom. The number of benzene rings is 1. The molecule has 0 aliphatic carbocycles. The number of carbonyl (C=O) groups is 1. The van der Waals surface area contributed by atoms with Crippen LogP contribution in [-0.2, 0) is 9.53 Å². The molecule has 0 radical (unpaired) electrons. The molecule has 19 heavy (non-hydrogen) atoms. The van der Waals surface area contributed by atoms with Crippen molar-refractivity contribution in [1.82, 2.24) is 10.6 Å². The van der Waals surface area contributed by atoms with Crippen LogP contribution in [0.1, 0.15) is 18.5 Å². The predicted octanol–water partition coefficient (Wildman–Crippen LogP) is 2.31. The summed E-state index contributed by atoms with van der Waals surface area (Å²) in [7, 11) is 1.35. The molecule has 4 nitrogen and oxygen atoms in total. The minimum Gasteiger partial charge on any atom is -0.466 e. The summed E-state index contributed by atoms with van der Waals surface area (Å²) in [5.74, 6) is -0.412. The molecule has 6 heteroatoms. The van der Waals surface area contributed by atoms with Crippen LogP contribution in [0.15, 0.2) is 35.5 Å². The Morgan fingerprint density at radius 1 is 1.42 bits per heavy atom. The average Bonchev–Trinajstić information content (AvgIpc) is 2.37. The van der Waals surface area contributed by atoms with E-state index >= 15 is 0 Å². The van der Waals surface area contributed by atoms with E-state index in [0.717, 1.165) is 5.56 Å². The smallest absolute Gasteiger partial charge is 0.337 e. The van der Waals surface area contributed by atoms with Crippen molar-refractivity contribution in [3.05, 3.63) is 46.1 Å². The minimum absolute atomic E-state index is 0.408. The van der Waals surface area contributed by atoms with Crippen molar-refractivity contribution in [2.75, 3.05) is 7.11 Å². The summed E-state index contributed by atoms with van der Waals surface area (Å²) in [5.41, 5.74) is 1.93. The van der Waals surface area contributed by atoms with E-state index < -0.39 is 12.0 Å². The van der Waals surface area contributed by atoms with Crippen molar-refractivity contribution in [3.63, 3.8) is 0 Å². The zero-order valence-corrected chi connectivity index (χ0v) is 12.1. The Morgan fingerprint density at radius 3 is 2.74 bits per heavy atom. The fraction of sp³-hybridized carbons (Fsp3) is 0.231. The van der Waals surface area contributed by atoms with Crippen molar-refractivity contribution in [2.45, 2.75) is 13.0 Å².